The second-order valence-electron chi connectivity index (χ2n) is 5.11. The van der Waals surface area contributed by atoms with Crippen molar-refractivity contribution in [3.8, 4) is 0 Å². The third kappa shape index (κ3) is 6.14. The van der Waals surface area contributed by atoms with E-state index < -0.39 is 16.1 Å². The third-order valence-electron chi connectivity index (χ3n) is 3.18. The molecular formula is C15H19NO6S2. The van der Waals surface area contributed by atoms with Gasteiger partial charge in [0.1, 0.15) is 5.75 Å². The molecule has 1 heterocycles. The minimum atomic E-state index is -3.95. The van der Waals surface area contributed by atoms with Gasteiger partial charge in [0.2, 0.25) is 5.04 Å². The summed E-state index contributed by atoms with van der Waals surface area (Å²) in [7, 11) is -2.75. The highest BCUT2D eigenvalue weighted by Crippen LogP contribution is 2.23. The molecule has 0 radical (unpaired) electrons. The summed E-state index contributed by atoms with van der Waals surface area (Å²) >= 11 is 1.11. The molecule has 1 aromatic carbocycles. The summed E-state index contributed by atoms with van der Waals surface area (Å²) in [5.41, 5.74) is 0.570. The van der Waals surface area contributed by atoms with Crippen molar-refractivity contribution >= 4 is 32.9 Å². The van der Waals surface area contributed by atoms with Gasteiger partial charge in [0, 0.05) is 11.9 Å². The predicted molar refractivity (Wildman–Crippen MR) is 91.0 cm³/mol. The zero-order chi connectivity index (χ0) is 17.4. The van der Waals surface area contributed by atoms with Crippen LogP contribution in [0.3, 0.4) is 0 Å². The summed E-state index contributed by atoms with van der Waals surface area (Å²) in [6.07, 6.45) is 1.72. The van der Waals surface area contributed by atoms with Crippen molar-refractivity contribution in [2.24, 2.45) is 5.16 Å². The normalized spacial score (nSPS) is 18.9. The molecule has 1 atom stereocenters. The molecule has 2 rings (SSSR count). The standard InChI is InChI=1S/C15H19NO6S2/c1-20-15(17)14(23-13-8-5-9-21-10-13)16-22-24(18,19)11-12-6-3-2-4-7-12/h2-4,6-7,13H,5,8-11H2,1H3/b16-14-. The lowest BCUT2D eigenvalue weighted by atomic mass is 10.2. The molecule has 0 bridgehead atoms. The minimum Gasteiger partial charge on any atom is -0.464 e. The zero-order valence-electron chi connectivity index (χ0n) is 13.2. The Hall–Kier alpha value is -1.58. The Balaban J connectivity index is 2.03. The molecule has 1 unspecified atom stereocenters. The van der Waals surface area contributed by atoms with E-state index in [2.05, 4.69) is 14.2 Å². The van der Waals surface area contributed by atoms with E-state index in [1.807, 2.05) is 0 Å². The Morgan fingerprint density at radius 3 is 2.75 bits per heavy atom. The van der Waals surface area contributed by atoms with Crippen LogP contribution in [0.4, 0.5) is 0 Å². The fourth-order valence-corrected chi connectivity index (χ4v) is 3.96. The lowest BCUT2D eigenvalue weighted by molar-refractivity contribution is -0.132. The van der Waals surface area contributed by atoms with Gasteiger partial charge in [-0.05, 0) is 18.4 Å². The number of esters is 1. The number of methoxy groups -OCH3 is 1. The van der Waals surface area contributed by atoms with E-state index in [0.717, 1.165) is 24.6 Å². The van der Waals surface area contributed by atoms with Crippen LogP contribution in [0.1, 0.15) is 18.4 Å². The highest BCUT2D eigenvalue weighted by atomic mass is 32.2. The molecule has 1 aromatic rings. The summed E-state index contributed by atoms with van der Waals surface area (Å²) < 4.78 is 38.6. The number of ether oxygens (including phenoxy) is 2. The second kappa shape index (κ2) is 9.05. The lowest BCUT2D eigenvalue weighted by Gasteiger charge is -2.20. The van der Waals surface area contributed by atoms with Gasteiger partial charge in [0.15, 0.2) is 0 Å². The number of nitrogens with zero attached hydrogens (tertiary/aromatic N) is 1. The number of benzene rings is 1. The first kappa shape index (κ1) is 18.8. The first-order valence-electron chi connectivity index (χ1n) is 7.36. The zero-order valence-corrected chi connectivity index (χ0v) is 14.8. The fraction of sp³-hybridized carbons (Fsp3) is 0.467. The minimum absolute atomic E-state index is 0.0111. The Labute approximate surface area is 145 Å². The van der Waals surface area contributed by atoms with E-state index in [9.17, 15) is 13.2 Å². The highest BCUT2D eigenvalue weighted by molar-refractivity contribution is 8.16. The van der Waals surface area contributed by atoms with Crippen LogP contribution in [-0.4, -0.2) is 45.0 Å². The largest absolute Gasteiger partial charge is 0.464 e. The number of hydrogen-bond acceptors (Lipinski definition) is 8. The van der Waals surface area contributed by atoms with Crippen molar-refractivity contribution < 1.29 is 27.0 Å². The Morgan fingerprint density at radius 2 is 2.12 bits per heavy atom. The van der Waals surface area contributed by atoms with Crippen molar-refractivity contribution in [2.45, 2.75) is 23.8 Å². The molecule has 0 aliphatic carbocycles. The molecule has 132 valence electrons. The maximum absolute atomic E-state index is 12.0. The molecule has 7 nitrogen and oxygen atoms in total. The van der Waals surface area contributed by atoms with Crippen LogP contribution in [0.15, 0.2) is 35.5 Å². The molecule has 0 N–H and O–H groups in total. The molecule has 1 aliphatic rings. The van der Waals surface area contributed by atoms with Crippen LogP contribution >= 0.6 is 11.8 Å². The number of thioether (sulfide) groups is 1. The van der Waals surface area contributed by atoms with E-state index in [1.165, 1.54) is 7.11 Å². The highest BCUT2D eigenvalue weighted by Gasteiger charge is 2.24. The van der Waals surface area contributed by atoms with E-state index in [0.29, 0.717) is 18.8 Å². The molecule has 1 aliphatic heterocycles. The number of rotatable bonds is 5. The second-order valence-corrected chi connectivity index (χ2v) is 7.95. The van der Waals surface area contributed by atoms with Gasteiger partial charge in [0.05, 0.1) is 13.7 Å². The Bertz CT molecular complexity index is 668. The van der Waals surface area contributed by atoms with E-state index in [1.54, 1.807) is 30.3 Å². The number of hydrogen-bond donors (Lipinski definition) is 0. The van der Waals surface area contributed by atoms with Crippen LogP contribution in [0, 0.1) is 0 Å². The average Bonchev–Trinajstić information content (AvgIpc) is 2.59. The van der Waals surface area contributed by atoms with Crippen LogP contribution in [0.5, 0.6) is 0 Å². The molecule has 1 fully saturated rings. The molecule has 24 heavy (non-hydrogen) atoms. The van der Waals surface area contributed by atoms with Crippen LogP contribution < -0.4 is 0 Å². The van der Waals surface area contributed by atoms with Gasteiger partial charge < -0.3 is 9.47 Å². The van der Waals surface area contributed by atoms with Crippen LogP contribution in [-0.2, 0) is 34.4 Å². The van der Waals surface area contributed by atoms with Gasteiger partial charge >= 0.3 is 16.1 Å². The van der Waals surface area contributed by atoms with Crippen molar-refractivity contribution in [2.75, 3.05) is 20.3 Å². The maximum atomic E-state index is 12.0. The monoisotopic (exact) mass is 373 g/mol. The quantitative estimate of drug-likeness (QED) is 0.337. The predicted octanol–water partition coefficient (Wildman–Crippen LogP) is 1.93. The van der Waals surface area contributed by atoms with Crippen molar-refractivity contribution in [3.63, 3.8) is 0 Å². The van der Waals surface area contributed by atoms with Gasteiger partial charge in [-0.15, -0.1) is 0 Å². The Morgan fingerprint density at radius 1 is 1.38 bits per heavy atom. The van der Waals surface area contributed by atoms with E-state index >= 15 is 0 Å². The van der Waals surface area contributed by atoms with Gasteiger partial charge in [-0.2, -0.15) is 8.42 Å². The summed E-state index contributed by atoms with van der Waals surface area (Å²) in [5, 5.41) is 3.39. The lowest BCUT2D eigenvalue weighted by Crippen LogP contribution is -2.24. The molecule has 0 spiro atoms. The van der Waals surface area contributed by atoms with E-state index in [4.69, 9.17) is 4.74 Å². The molecule has 9 heteroatoms. The summed E-state index contributed by atoms with van der Waals surface area (Å²) in [6.45, 7) is 1.15. The fourth-order valence-electron chi connectivity index (χ4n) is 2.05. The average molecular weight is 373 g/mol. The van der Waals surface area contributed by atoms with Gasteiger partial charge in [-0.1, -0.05) is 47.2 Å². The SMILES string of the molecule is COC(=O)/C(=N/OS(=O)(=O)Cc1ccccc1)SC1CCCOC1. The first-order chi connectivity index (χ1) is 11.5. The molecule has 0 saturated carbocycles. The first-order valence-corrected chi connectivity index (χ1v) is 9.82. The molecule has 0 amide bonds. The van der Waals surface area contributed by atoms with Crippen molar-refractivity contribution in [3.05, 3.63) is 35.9 Å². The third-order valence-corrected chi connectivity index (χ3v) is 5.33. The number of carbonyl (C=O) groups is 1. The molecular weight excluding hydrogens is 354 g/mol. The van der Waals surface area contributed by atoms with Gasteiger partial charge in [0.25, 0.3) is 0 Å². The Kier molecular flexibility index (Phi) is 7.07. The van der Waals surface area contributed by atoms with Gasteiger partial charge in [-0.25, -0.2) is 4.79 Å². The van der Waals surface area contributed by atoms with Crippen LogP contribution in [0.25, 0.3) is 0 Å². The molecule has 1 saturated heterocycles. The summed E-state index contributed by atoms with van der Waals surface area (Å²) in [4.78, 5) is 11.8. The smallest absolute Gasteiger partial charge is 0.366 e. The summed E-state index contributed by atoms with van der Waals surface area (Å²) in [6, 6.07) is 8.58. The topological polar surface area (TPSA) is 91.3 Å². The number of oxime groups is 1. The van der Waals surface area contributed by atoms with Gasteiger partial charge in [-0.3, -0.25) is 4.28 Å². The maximum Gasteiger partial charge on any atom is 0.366 e. The number of carbonyl (C=O) groups excluding carboxylic acids is 1. The summed E-state index contributed by atoms with van der Waals surface area (Å²) in [5.74, 6) is -1.07. The van der Waals surface area contributed by atoms with E-state index in [-0.39, 0.29) is 16.0 Å². The van der Waals surface area contributed by atoms with Crippen LogP contribution in [0.2, 0.25) is 0 Å². The molecule has 0 aromatic heterocycles. The van der Waals surface area contributed by atoms with Crippen molar-refractivity contribution in [1.29, 1.82) is 0 Å². The van der Waals surface area contributed by atoms with Crippen molar-refractivity contribution in [1.82, 2.24) is 0 Å².